The smallest absolute Gasteiger partial charge is 0.127 e. The average Bonchev–Trinajstić information content (AvgIpc) is 2.80. The summed E-state index contributed by atoms with van der Waals surface area (Å²) in [5.41, 5.74) is 2.73. The first-order chi connectivity index (χ1) is 8.72. The van der Waals surface area contributed by atoms with E-state index in [1.54, 1.807) is 0 Å². The molecule has 4 rings (SSSR count). The molecular weight excluding hydrogens is 356 g/mol. The Kier molecular flexibility index (Phi) is 2.77. The molecule has 0 amide bonds. The van der Waals surface area contributed by atoms with E-state index < -0.39 is 0 Å². The monoisotopic (exact) mass is 370 g/mol. The van der Waals surface area contributed by atoms with E-state index in [1.165, 1.54) is 34.9 Å². The maximum atomic E-state index is 5.85. The molecule has 0 radical (unpaired) electrons. The van der Waals surface area contributed by atoms with Gasteiger partial charge in [0.25, 0.3) is 0 Å². The van der Waals surface area contributed by atoms with Crippen LogP contribution in [-0.4, -0.2) is 6.61 Å². The second-order valence-electron chi connectivity index (χ2n) is 5.97. The number of halogens is 2. The van der Waals surface area contributed by atoms with Gasteiger partial charge in [-0.15, -0.1) is 0 Å². The molecule has 0 N–H and O–H groups in total. The number of rotatable bonds is 2. The molecule has 0 spiro atoms. The number of ether oxygens (including phenoxy) is 1. The Bertz CT molecular complexity index is 490. The average molecular weight is 372 g/mol. The van der Waals surface area contributed by atoms with Gasteiger partial charge in [0.15, 0.2) is 0 Å². The van der Waals surface area contributed by atoms with Crippen molar-refractivity contribution in [2.45, 2.75) is 30.5 Å². The Hall–Kier alpha value is -0.0200. The lowest BCUT2D eigenvalue weighted by molar-refractivity contribution is 0.349. The predicted octanol–water partition coefficient (Wildman–Crippen LogP) is 4.87. The Morgan fingerprint density at radius 3 is 2.72 bits per heavy atom. The minimum Gasteiger partial charge on any atom is -0.493 e. The molecule has 2 fully saturated rings. The van der Waals surface area contributed by atoms with Crippen LogP contribution in [0.3, 0.4) is 0 Å². The predicted molar refractivity (Wildman–Crippen MR) is 79.3 cm³/mol. The molecule has 1 heterocycles. The number of fused-ring (bicyclic) bond motifs is 2. The molecule has 1 aromatic carbocycles. The number of benzene rings is 1. The van der Waals surface area contributed by atoms with Crippen molar-refractivity contribution in [2.75, 3.05) is 6.61 Å². The Balaban J connectivity index is 1.67. The SMILES string of the molecule is Brc1cc2c(c(C(Br)C3CC4CC4C3)c1)OCC2. The fourth-order valence-corrected chi connectivity index (χ4v) is 5.05. The van der Waals surface area contributed by atoms with Crippen LogP contribution in [0.25, 0.3) is 0 Å². The molecule has 3 unspecified atom stereocenters. The highest BCUT2D eigenvalue weighted by atomic mass is 79.9. The zero-order valence-corrected chi connectivity index (χ0v) is 13.3. The van der Waals surface area contributed by atoms with Crippen molar-refractivity contribution < 1.29 is 4.74 Å². The topological polar surface area (TPSA) is 9.23 Å². The molecule has 1 aromatic rings. The van der Waals surface area contributed by atoms with E-state index in [9.17, 15) is 0 Å². The number of hydrogen-bond acceptors (Lipinski definition) is 1. The second-order valence-corrected chi connectivity index (χ2v) is 7.87. The molecule has 0 aromatic heterocycles. The van der Waals surface area contributed by atoms with Crippen LogP contribution in [0.1, 0.15) is 35.2 Å². The minimum absolute atomic E-state index is 0.467. The fourth-order valence-electron chi connectivity index (χ4n) is 3.76. The van der Waals surface area contributed by atoms with Gasteiger partial charge in [0, 0.05) is 21.3 Å². The van der Waals surface area contributed by atoms with Gasteiger partial charge < -0.3 is 4.74 Å². The molecule has 3 atom stereocenters. The van der Waals surface area contributed by atoms with E-state index in [-0.39, 0.29) is 0 Å². The van der Waals surface area contributed by atoms with Gasteiger partial charge in [-0.05, 0) is 54.7 Å². The zero-order chi connectivity index (χ0) is 12.3. The van der Waals surface area contributed by atoms with E-state index in [0.29, 0.717) is 4.83 Å². The van der Waals surface area contributed by atoms with Gasteiger partial charge in [-0.1, -0.05) is 31.9 Å². The molecule has 2 aliphatic carbocycles. The normalized spacial score (nSPS) is 33.8. The van der Waals surface area contributed by atoms with Crippen LogP contribution in [0.4, 0.5) is 0 Å². The summed E-state index contributed by atoms with van der Waals surface area (Å²) in [4.78, 5) is 0.467. The van der Waals surface area contributed by atoms with E-state index in [2.05, 4.69) is 44.0 Å². The first kappa shape index (κ1) is 11.8. The molecule has 3 aliphatic rings. The lowest BCUT2D eigenvalue weighted by atomic mass is 9.93. The molecule has 1 nitrogen and oxygen atoms in total. The van der Waals surface area contributed by atoms with E-state index in [0.717, 1.165) is 36.5 Å². The third-order valence-electron chi connectivity index (χ3n) is 4.77. The van der Waals surface area contributed by atoms with Crippen molar-refractivity contribution >= 4 is 31.9 Å². The second kappa shape index (κ2) is 4.24. The third kappa shape index (κ3) is 1.85. The van der Waals surface area contributed by atoms with Crippen molar-refractivity contribution in [2.24, 2.45) is 17.8 Å². The highest BCUT2D eigenvalue weighted by molar-refractivity contribution is 9.10. The van der Waals surface area contributed by atoms with Crippen LogP contribution in [0.5, 0.6) is 5.75 Å². The first-order valence-corrected chi connectivity index (χ1v) is 8.52. The maximum Gasteiger partial charge on any atom is 0.127 e. The largest absolute Gasteiger partial charge is 0.493 e. The Labute approximate surface area is 125 Å². The molecule has 96 valence electrons. The van der Waals surface area contributed by atoms with Gasteiger partial charge in [0.2, 0.25) is 0 Å². The molecule has 1 aliphatic heterocycles. The van der Waals surface area contributed by atoms with Crippen LogP contribution in [0, 0.1) is 17.8 Å². The lowest BCUT2D eigenvalue weighted by Crippen LogP contribution is -2.07. The van der Waals surface area contributed by atoms with Crippen molar-refractivity contribution in [1.82, 2.24) is 0 Å². The summed E-state index contributed by atoms with van der Waals surface area (Å²) in [5.74, 6) is 4.03. The van der Waals surface area contributed by atoms with Crippen LogP contribution < -0.4 is 4.74 Å². The molecular formula is C15H16Br2O. The molecule has 3 heteroatoms. The lowest BCUT2D eigenvalue weighted by Gasteiger charge is -2.21. The summed E-state index contributed by atoms with van der Waals surface area (Å²) in [5, 5.41) is 0. The van der Waals surface area contributed by atoms with Crippen molar-refractivity contribution in [3.8, 4) is 5.75 Å². The van der Waals surface area contributed by atoms with Gasteiger partial charge in [-0.3, -0.25) is 0 Å². The quantitative estimate of drug-likeness (QED) is 0.674. The maximum absolute atomic E-state index is 5.85. The van der Waals surface area contributed by atoms with Gasteiger partial charge in [0.1, 0.15) is 5.75 Å². The van der Waals surface area contributed by atoms with Crippen LogP contribution >= 0.6 is 31.9 Å². The first-order valence-electron chi connectivity index (χ1n) is 6.81. The minimum atomic E-state index is 0.467. The summed E-state index contributed by atoms with van der Waals surface area (Å²) in [6, 6.07) is 4.45. The van der Waals surface area contributed by atoms with Crippen LogP contribution in [0.15, 0.2) is 16.6 Å². The number of hydrogen-bond donors (Lipinski definition) is 0. The molecule has 2 saturated carbocycles. The van der Waals surface area contributed by atoms with Crippen LogP contribution in [-0.2, 0) is 6.42 Å². The van der Waals surface area contributed by atoms with Gasteiger partial charge in [0.05, 0.1) is 6.61 Å². The van der Waals surface area contributed by atoms with E-state index in [1.807, 2.05) is 0 Å². The summed E-state index contributed by atoms with van der Waals surface area (Å²) in [6.07, 6.45) is 5.35. The molecule has 18 heavy (non-hydrogen) atoms. The standard InChI is InChI=1S/C15H16Br2O/c16-12-6-8-1-2-18-15(8)13(7-12)14(17)11-4-9-3-10(9)5-11/h6-7,9-11,14H,1-5H2. The van der Waals surface area contributed by atoms with Crippen molar-refractivity contribution in [3.05, 3.63) is 27.7 Å². The highest BCUT2D eigenvalue weighted by Crippen LogP contribution is 2.59. The highest BCUT2D eigenvalue weighted by Gasteiger charge is 2.48. The third-order valence-corrected chi connectivity index (χ3v) is 6.47. The van der Waals surface area contributed by atoms with Gasteiger partial charge in [-0.25, -0.2) is 0 Å². The van der Waals surface area contributed by atoms with Crippen molar-refractivity contribution in [1.29, 1.82) is 0 Å². The van der Waals surface area contributed by atoms with Crippen molar-refractivity contribution in [3.63, 3.8) is 0 Å². The zero-order valence-electron chi connectivity index (χ0n) is 10.2. The summed E-state index contributed by atoms with van der Waals surface area (Å²) in [6.45, 7) is 0.842. The Morgan fingerprint density at radius 2 is 1.94 bits per heavy atom. The van der Waals surface area contributed by atoms with E-state index >= 15 is 0 Å². The fraction of sp³-hybridized carbons (Fsp3) is 0.600. The summed E-state index contributed by atoms with van der Waals surface area (Å²) in [7, 11) is 0. The summed E-state index contributed by atoms with van der Waals surface area (Å²) < 4.78 is 7.04. The molecule has 0 saturated heterocycles. The summed E-state index contributed by atoms with van der Waals surface area (Å²) >= 11 is 7.58. The molecule has 0 bridgehead atoms. The van der Waals surface area contributed by atoms with E-state index in [4.69, 9.17) is 4.74 Å². The Morgan fingerprint density at radius 1 is 1.17 bits per heavy atom. The van der Waals surface area contributed by atoms with Gasteiger partial charge >= 0.3 is 0 Å². The van der Waals surface area contributed by atoms with Gasteiger partial charge in [-0.2, -0.15) is 0 Å². The van der Waals surface area contributed by atoms with Crippen LogP contribution in [0.2, 0.25) is 0 Å². The number of alkyl halides is 1.